The fourth-order valence-electron chi connectivity index (χ4n) is 3.84. The van der Waals surface area contributed by atoms with Crippen LogP contribution >= 0.6 is 0 Å². The number of rotatable bonds is 9. The number of H-pyrrole nitrogens is 1. The van der Waals surface area contributed by atoms with E-state index in [4.69, 9.17) is 0 Å². The van der Waals surface area contributed by atoms with Gasteiger partial charge in [0.25, 0.3) is 0 Å². The van der Waals surface area contributed by atoms with Crippen LogP contribution in [0.3, 0.4) is 0 Å². The zero-order valence-corrected chi connectivity index (χ0v) is 19.0. The van der Waals surface area contributed by atoms with Gasteiger partial charge in [-0.15, -0.1) is 10.2 Å². The van der Waals surface area contributed by atoms with Crippen LogP contribution in [0.2, 0.25) is 0 Å². The third-order valence-electron chi connectivity index (χ3n) is 5.90. The molecule has 1 fully saturated rings. The zero-order chi connectivity index (χ0) is 25.1. The first-order chi connectivity index (χ1) is 17.4. The number of hydrogen-bond donors (Lipinski definition) is 2. The van der Waals surface area contributed by atoms with Crippen LogP contribution < -0.4 is 10.2 Å². The van der Waals surface area contributed by atoms with Crippen LogP contribution in [0.25, 0.3) is 0 Å². The summed E-state index contributed by atoms with van der Waals surface area (Å²) in [7, 11) is 0. The van der Waals surface area contributed by atoms with E-state index in [2.05, 4.69) is 35.9 Å². The molecule has 5 rings (SSSR count). The van der Waals surface area contributed by atoms with Crippen molar-refractivity contribution in [2.45, 2.75) is 44.6 Å². The summed E-state index contributed by atoms with van der Waals surface area (Å²) in [5, 5.41) is 16.8. The van der Waals surface area contributed by atoms with Crippen LogP contribution in [0, 0.1) is 5.82 Å². The Morgan fingerprint density at radius 1 is 0.944 bits per heavy atom. The van der Waals surface area contributed by atoms with Gasteiger partial charge in [0.1, 0.15) is 6.33 Å². The number of nitrogens with zero attached hydrogens (tertiary/aromatic N) is 6. The second-order valence-corrected chi connectivity index (χ2v) is 8.59. The van der Waals surface area contributed by atoms with E-state index in [-0.39, 0.29) is 24.2 Å². The van der Waals surface area contributed by atoms with Gasteiger partial charge >= 0.3 is 6.18 Å². The van der Waals surface area contributed by atoms with Crippen molar-refractivity contribution >= 4 is 11.6 Å². The number of benzene rings is 2. The zero-order valence-electron chi connectivity index (χ0n) is 19.0. The Morgan fingerprint density at radius 3 is 2.28 bits per heavy atom. The van der Waals surface area contributed by atoms with Crippen molar-refractivity contribution in [3.63, 3.8) is 0 Å². The molecule has 12 heteroatoms. The van der Waals surface area contributed by atoms with Crippen molar-refractivity contribution in [1.29, 1.82) is 0 Å². The molecule has 0 spiro atoms. The van der Waals surface area contributed by atoms with Gasteiger partial charge < -0.3 is 10.2 Å². The molecule has 36 heavy (non-hydrogen) atoms. The second-order valence-electron chi connectivity index (χ2n) is 8.59. The number of anilines is 2. The smallest absolute Gasteiger partial charge is 0.363 e. The lowest BCUT2D eigenvalue weighted by atomic mass is 10.1. The van der Waals surface area contributed by atoms with Gasteiger partial charge in [0.15, 0.2) is 17.5 Å². The van der Waals surface area contributed by atoms with Crippen molar-refractivity contribution in [2.75, 3.05) is 10.2 Å². The Hall–Kier alpha value is -4.09. The standard InChI is InChI=1S/C24H22F4N8/c25-21-22(29-12-16-3-1-15(2-4-16)11-20-32-34-35-33-20)30-14-31-23(21)36(19-9-10-19)13-17-5-7-18(8-6-17)24(26,27)28/h1-8,14,19H,9-13H2,(H,29,30,31)(H,32,33,34,35). The highest BCUT2D eigenvalue weighted by molar-refractivity contribution is 5.53. The molecule has 0 atom stereocenters. The summed E-state index contributed by atoms with van der Waals surface area (Å²) in [6.07, 6.45) is -0.838. The molecule has 0 aliphatic heterocycles. The van der Waals surface area contributed by atoms with Gasteiger partial charge in [-0.3, -0.25) is 0 Å². The first-order valence-corrected chi connectivity index (χ1v) is 11.3. The maximum Gasteiger partial charge on any atom is 0.416 e. The monoisotopic (exact) mass is 498 g/mol. The first kappa shape index (κ1) is 23.6. The molecule has 4 aromatic rings. The number of alkyl halides is 3. The van der Waals surface area contributed by atoms with Crippen LogP contribution in [-0.4, -0.2) is 36.6 Å². The Labute approximate surface area is 203 Å². The lowest BCUT2D eigenvalue weighted by molar-refractivity contribution is -0.137. The fraction of sp³-hybridized carbons (Fsp3) is 0.292. The molecule has 1 aliphatic carbocycles. The molecule has 1 aliphatic rings. The molecular weight excluding hydrogens is 476 g/mol. The maximum atomic E-state index is 15.4. The van der Waals surface area contributed by atoms with Gasteiger partial charge in [0.2, 0.25) is 5.82 Å². The van der Waals surface area contributed by atoms with Gasteiger partial charge in [0.05, 0.1) is 5.56 Å². The van der Waals surface area contributed by atoms with E-state index >= 15 is 4.39 Å². The molecule has 0 bridgehead atoms. The van der Waals surface area contributed by atoms with E-state index in [1.807, 2.05) is 24.3 Å². The summed E-state index contributed by atoms with van der Waals surface area (Å²) in [6.45, 7) is 0.593. The summed E-state index contributed by atoms with van der Waals surface area (Å²) in [5.74, 6) is 0.192. The van der Waals surface area contributed by atoms with Crippen molar-refractivity contribution in [3.05, 3.63) is 88.8 Å². The van der Waals surface area contributed by atoms with Crippen LogP contribution in [0.4, 0.5) is 29.2 Å². The Morgan fingerprint density at radius 2 is 1.64 bits per heavy atom. The maximum absolute atomic E-state index is 15.4. The van der Waals surface area contributed by atoms with Gasteiger partial charge in [-0.2, -0.15) is 22.8 Å². The topological polar surface area (TPSA) is 95.5 Å². The molecule has 2 heterocycles. The predicted molar refractivity (Wildman–Crippen MR) is 123 cm³/mol. The predicted octanol–water partition coefficient (Wildman–Crippen LogP) is 4.52. The number of tetrazole rings is 1. The van der Waals surface area contributed by atoms with Crippen molar-refractivity contribution < 1.29 is 17.6 Å². The van der Waals surface area contributed by atoms with E-state index in [1.54, 1.807) is 4.90 Å². The van der Waals surface area contributed by atoms with E-state index < -0.39 is 17.6 Å². The first-order valence-electron chi connectivity index (χ1n) is 11.3. The van der Waals surface area contributed by atoms with Crippen molar-refractivity contribution in [3.8, 4) is 0 Å². The van der Waals surface area contributed by atoms with E-state index in [1.165, 1.54) is 18.5 Å². The Kier molecular flexibility index (Phi) is 6.49. The Bertz CT molecular complexity index is 1290. The molecule has 0 saturated heterocycles. The third kappa shape index (κ3) is 5.58. The van der Waals surface area contributed by atoms with Crippen molar-refractivity contribution in [1.82, 2.24) is 30.6 Å². The van der Waals surface area contributed by atoms with E-state index in [0.717, 1.165) is 36.1 Å². The van der Waals surface area contributed by atoms with Crippen LogP contribution in [0.1, 0.15) is 40.9 Å². The SMILES string of the molecule is Fc1c(NCc2ccc(Cc3nn[nH]n3)cc2)ncnc1N(Cc1ccc(C(F)(F)F)cc1)C1CC1. The van der Waals surface area contributed by atoms with Crippen molar-refractivity contribution in [2.24, 2.45) is 0 Å². The minimum Gasteiger partial charge on any atom is -0.363 e. The lowest BCUT2D eigenvalue weighted by Crippen LogP contribution is -2.27. The molecular formula is C24H22F4N8. The second kappa shape index (κ2) is 9.88. The molecule has 0 radical (unpaired) electrons. The summed E-state index contributed by atoms with van der Waals surface area (Å²) in [6, 6.07) is 12.7. The summed E-state index contributed by atoms with van der Waals surface area (Å²) in [5.41, 5.74) is 1.87. The van der Waals surface area contributed by atoms with Gasteiger partial charge in [-0.1, -0.05) is 41.6 Å². The number of nitrogens with one attached hydrogen (secondary N) is 2. The average molecular weight is 498 g/mol. The molecule has 2 N–H and O–H groups in total. The summed E-state index contributed by atoms with van der Waals surface area (Å²) >= 11 is 0. The van der Waals surface area contributed by atoms with Gasteiger partial charge in [-0.25, -0.2) is 9.97 Å². The highest BCUT2D eigenvalue weighted by atomic mass is 19.4. The minimum absolute atomic E-state index is 0.0638. The number of hydrogen-bond acceptors (Lipinski definition) is 7. The quantitative estimate of drug-likeness (QED) is 0.328. The summed E-state index contributed by atoms with van der Waals surface area (Å²) in [4.78, 5) is 10.00. The molecule has 2 aromatic carbocycles. The fourth-order valence-corrected chi connectivity index (χ4v) is 3.84. The number of halogens is 4. The third-order valence-corrected chi connectivity index (χ3v) is 5.90. The Balaban J connectivity index is 1.27. The molecule has 186 valence electrons. The van der Waals surface area contributed by atoms with Crippen LogP contribution in [0.15, 0.2) is 54.9 Å². The average Bonchev–Trinajstić information content (AvgIpc) is 3.58. The van der Waals surface area contributed by atoms with Crippen LogP contribution in [0.5, 0.6) is 0 Å². The van der Waals surface area contributed by atoms with E-state index in [9.17, 15) is 13.2 Å². The normalized spacial score (nSPS) is 13.6. The number of aromatic nitrogens is 6. The summed E-state index contributed by atoms with van der Waals surface area (Å²) < 4.78 is 54.1. The lowest BCUT2D eigenvalue weighted by Gasteiger charge is -2.24. The van der Waals surface area contributed by atoms with E-state index in [0.29, 0.717) is 24.4 Å². The molecule has 1 saturated carbocycles. The molecule has 8 nitrogen and oxygen atoms in total. The highest BCUT2D eigenvalue weighted by Gasteiger charge is 2.33. The highest BCUT2D eigenvalue weighted by Crippen LogP contribution is 2.35. The molecule has 2 aromatic heterocycles. The molecule has 0 amide bonds. The minimum atomic E-state index is -4.40. The van der Waals surface area contributed by atoms with Gasteiger partial charge in [-0.05, 0) is 41.7 Å². The number of aromatic amines is 1. The largest absolute Gasteiger partial charge is 0.416 e. The van der Waals surface area contributed by atoms with Gasteiger partial charge in [0, 0.05) is 25.6 Å². The molecule has 0 unspecified atom stereocenters. The van der Waals surface area contributed by atoms with Crippen LogP contribution in [-0.2, 0) is 25.7 Å².